The standard InChI is InChI=1S/C19H21BN2O3/c1-25-13-5-6-16-14-22(18-7-3-2-4-8-18)21-19(16)15-9-11-17(12-10-15)20(23)24/h2-4,7-12,14,23-24H,5-6,13H2,1H3. The number of aromatic nitrogens is 2. The monoisotopic (exact) mass is 336 g/mol. The van der Waals surface area contributed by atoms with Crippen molar-refractivity contribution >= 4 is 12.6 Å². The van der Waals surface area contributed by atoms with Gasteiger partial charge in [0.05, 0.1) is 11.4 Å². The Morgan fingerprint density at radius 1 is 1.04 bits per heavy atom. The Hall–Kier alpha value is -2.41. The molecule has 0 saturated heterocycles. The Kier molecular flexibility index (Phi) is 5.65. The number of rotatable bonds is 7. The number of aryl methyl sites for hydroxylation is 1. The van der Waals surface area contributed by atoms with Crippen LogP contribution in [0, 0.1) is 0 Å². The van der Waals surface area contributed by atoms with E-state index >= 15 is 0 Å². The first-order valence-electron chi connectivity index (χ1n) is 8.28. The van der Waals surface area contributed by atoms with Crippen LogP contribution in [0.2, 0.25) is 0 Å². The van der Waals surface area contributed by atoms with Crippen molar-refractivity contribution in [2.75, 3.05) is 13.7 Å². The van der Waals surface area contributed by atoms with Gasteiger partial charge < -0.3 is 14.8 Å². The molecule has 25 heavy (non-hydrogen) atoms. The van der Waals surface area contributed by atoms with Crippen LogP contribution in [0.15, 0.2) is 60.8 Å². The van der Waals surface area contributed by atoms with Crippen LogP contribution in [0.3, 0.4) is 0 Å². The number of nitrogens with zero attached hydrogens (tertiary/aromatic N) is 2. The van der Waals surface area contributed by atoms with Crippen molar-refractivity contribution in [3.63, 3.8) is 0 Å². The van der Waals surface area contributed by atoms with Gasteiger partial charge in [-0.1, -0.05) is 42.5 Å². The van der Waals surface area contributed by atoms with Gasteiger partial charge in [0.1, 0.15) is 0 Å². The summed E-state index contributed by atoms with van der Waals surface area (Å²) in [6.07, 6.45) is 3.83. The summed E-state index contributed by atoms with van der Waals surface area (Å²) >= 11 is 0. The number of benzene rings is 2. The summed E-state index contributed by atoms with van der Waals surface area (Å²) in [7, 11) is 0.241. The molecule has 0 aliphatic carbocycles. The molecule has 0 atom stereocenters. The first-order valence-corrected chi connectivity index (χ1v) is 8.28. The average Bonchev–Trinajstić information content (AvgIpc) is 3.07. The largest absolute Gasteiger partial charge is 0.488 e. The summed E-state index contributed by atoms with van der Waals surface area (Å²) in [5.74, 6) is 0. The third-order valence-corrected chi connectivity index (χ3v) is 4.09. The maximum absolute atomic E-state index is 9.26. The number of ether oxygens (including phenoxy) is 1. The molecule has 0 unspecified atom stereocenters. The van der Waals surface area contributed by atoms with E-state index in [1.807, 2.05) is 47.1 Å². The lowest BCUT2D eigenvalue weighted by atomic mass is 9.80. The summed E-state index contributed by atoms with van der Waals surface area (Å²) in [6.45, 7) is 0.700. The molecule has 0 spiro atoms. The molecule has 0 aliphatic heterocycles. The zero-order valence-electron chi connectivity index (χ0n) is 14.2. The van der Waals surface area contributed by atoms with E-state index in [4.69, 9.17) is 9.84 Å². The molecule has 1 heterocycles. The van der Waals surface area contributed by atoms with Crippen LogP contribution >= 0.6 is 0 Å². The highest BCUT2D eigenvalue weighted by Gasteiger charge is 2.14. The Bertz CT molecular complexity index is 801. The van der Waals surface area contributed by atoms with E-state index < -0.39 is 7.12 Å². The predicted molar refractivity (Wildman–Crippen MR) is 99.0 cm³/mol. The van der Waals surface area contributed by atoms with Crippen LogP contribution in [-0.4, -0.2) is 40.7 Å². The highest BCUT2D eigenvalue weighted by atomic mass is 16.5. The molecule has 128 valence electrons. The van der Waals surface area contributed by atoms with Gasteiger partial charge in [-0.25, -0.2) is 4.68 Å². The second-order valence-corrected chi connectivity index (χ2v) is 5.88. The van der Waals surface area contributed by atoms with Crippen LogP contribution < -0.4 is 5.46 Å². The smallest absolute Gasteiger partial charge is 0.423 e. The van der Waals surface area contributed by atoms with Crippen LogP contribution in [0.5, 0.6) is 0 Å². The topological polar surface area (TPSA) is 67.5 Å². The lowest BCUT2D eigenvalue weighted by Gasteiger charge is -2.04. The van der Waals surface area contributed by atoms with E-state index in [1.54, 1.807) is 19.2 Å². The quantitative estimate of drug-likeness (QED) is 0.510. The van der Waals surface area contributed by atoms with Crippen molar-refractivity contribution in [1.82, 2.24) is 9.78 Å². The fraction of sp³-hybridized carbons (Fsp3) is 0.211. The fourth-order valence-electron chi connectivity index (χ4n) is 2.77. The van der Waals surface area contributed by atoms with Gasteiger partial charge in [-0.2, -0.15) is 5.10 Å². The maximum Gasteiger partial charge on any atom is 0.488 e. The first kappa shape index (κ1) is 17.4. The van der Waals surface area contributed by atoms with Gasteiger partial charge in [0.15, 0.2) is 0 Å². The first-order chi connectivity index (χ1) is 12.2. The molecule has 5 nitrogen and oxygen atoms in total. The molecule has 3 rings (SSSR count). The van der Waals surface area contributed by atoms with Crippen LogP contribution in [0.4, 0.5) is 0 Å². The van der Waals surface area contributed by atoms with Crippen molar-refractivity contribution < 1.29 is 14.8 Å². The van der Waals surface area contributed by atoms with Crippen LogP contribution in [0.25, 0.3) is 16.9 Å². The van der Waals surface area contributed by atoms with Crippen LogP contribution in [-0.2, 0) is 11.2 Å². The molecule has 2 aromatic carbocycles. The molecule has 2 N–H and O–H groups in total. The number of para-hydroxylation sites is 1. The Balaban J connectivity index is 1.96. The Morgan fingerprint density at radius 3 is 2.40 bits per heavy atom. The minimum absolute atomic E-state index is 0.465. The zero-order valence-corrected chi connectivity index (χ0v) is 14.2. The SMILES string of the molecule is COCCCc1cn(-c2ccccc2)nc1-c1ccc(B(O)O)cc1. The van der Waals surface area contributed by atoms with Gasteiger partial charge in [0, 0.05) is 25.5 Å². The number of methoxy groups -OCH3 is 1. The third kappa shape index (κ3) is 4.17. The Morgan fingerprint density at radius 2 is 1.76 bits per heavy atom. The van der Waals surface area contributed by atoms with Crippen molar-refractivity contribution in [3.8, 4) is 16.9 Å². The summed E-state index contributed by atoms with van der Waals surface area (Å²) in [4.78, 5) is 0. The number of hydrogen-bond acceptors (Lipinski definition) is 4. The minimum atomic E-state index is -1.46. The van der Waals surface area contributed by atoms with E-state index in [9.17, 15) is 10.0 Å². The van der Waals surface area contributed by atoms with E-state index in [0.29, 0.717) is 12.1 Å². The van der Waals surface area contributed by atoms with Gasteiger partial charge in [0.25, 0.3) is 0 Å². The molecule has 6 heteroatoms. The molecular formula is C19H21BN2O3. The highest BCUT2D eigenvalue weighted by molar-refractivity contribution is 6.58. The lowest BCUT2D eigenvalue weighted by Crippen LogP contribution is -2.29. The lowest BCUT2D eigenvalue weighted by molar-refractivity contribution is 0.195. The van der Waals surface area contributed by atoms with E-state index in [1.165, 1.54) is 0 Å². The van der Waals surface area contributed by atoms with Gasteiger partial charge in [-0.3, -0.25) is 0 Å². The Labute approximate surface area is 147 Å². The summed E-state index contributed by atoms with van der Waals surface area (Å²) in [5, 5.41) is 23.3. The minimum Gasteiger partial charge on any atom is -0.423 e. The molecule has 0 amide bonds. The van der Waals surface area contributed by atoms with E-state index in [2.05, 4.69) is 6.20 Å². The molecule has 0 fully saturated rings. The zero-order chi connectivity index (χ0) is 17.6. The van der Waals surface area contributed by atoms with E-state index in [-0.39, 0.29) is 0 Å². The molecule has 0 bridgehead atoms. The van der Waals surface area contributed by atoms with Crippen molar-refractivity contribution in [2.24, 2.45) is 0 Å². The predicted octanol–water partition coefficient (Wildman–Crippen LogP) is 1.80. The summed E-state index contributed by atoms with van der Waals surface area (Å²) < 4.78 is 7.04. The molecule has 1 aromatic heterocycles. The van der Waals surface area contributed by atoms with Crippen LogP contribution in [0.1, 0.15) is 12.0 Å². The molecule has 0 saturated carbocycles. The third-order valence-electron chi connectivity index (χ3n) is 4.09. The van der Waals surface area contributed by atoms with Crippen molar-refractivity contribution in [3.05, 3.63) is 66.4 Å². The fourth-order valence-corrected chi connectivity index (χ4v) is 2.77. The van der Waals surface area contributed by atoms with Crippen molar-refractivity contribution in [2.45, 2.75) is 12.8 Å². The van der Waals surface area contributed by atoms with E-state index in [0.717, 1.165) is 35.3 Å². The van der Waals surface area contributed by atoms with Gasteiger partial charge in [-0.15, -0.1) is 0 Å². The van der Waals surface area contributed by atoms with Gasteiger partial charge in [0.2, 0.25) is 0 Å². The van der Waals surface area contributed by atoms with Crippen molar-refractivity contribution in [1.29, 1.82) is 0 Å². The highest BCUT2D eigenvalue weighted by Crippen LogP contribution is 2.24. The summed E-state index contributed by atoms with van der Waals surface area (Å²) in [6, 6.07) is 17.1. The average molecular weight is 336 g/mol. The molecule has 0 radical (unpaired) electrons. The molecule has 3 aromatic rings. The number of hydrogen-bond donors (Lipinski definition) is 2. The second kappa shape index (κ2) is 8.12. The molecule has 0 aliphatic rings. The summed E-state index contributed by atoms with van der Waals surface area (Å²) in [5.41, 5.74) is 4.46. The van der Waals surface area contributed by atoms with Gasteiger partial charge in [-0.05, 0) is 36.0 Å². The van der Waals surface area contributed by atoms with Gasteiger partial charge >= 0.3 is 7.12 Å². The maximum atomic E-state index is 9.26. The second-order valence-electron chi connectivity index (χ2n) is 5.88. The molecular weight excluding hydrogens is 315 g/mol. The normalized spacial score (nSPS) is 10.8.